The van der Waals surface area contributed by atoms with Crippen molar-refractivity contribution >= 4 is 46.4 Å². The Balaban J connectivity index is 2.21. The average molecular weight is 492 g/mol. The van der Waals surface area contributed by atoms with Crippen LogP contribution in [0.3, 0.4) is 0 Å². The van der Waals surface area contributed by atoms with Crippen molar-refractivity contribution in [3.63, 3.8) is 0 Å². The normalized spacial score (nSPS) is 14.6. The Hall–Kier alpha value is -2.37. The first-order valence-corrected chi connectivity index (χ1v) is 11.9. The van der Waals surface area contributed by atoms with E-state index < -0.39 is 11.4 Å². The molecule has 5 nitrogen and oxygen atoms in total. The Morgan fingerprint density at radius 2 is 1.58 bits per heavy atom. The lowest BCUT2D eigenvalue weighted by Gasteiger charge is -2.31. The number of allylic oxidation sites excluding steroid dienone is 5. The minimum absolute atomic E-state index is 0.0549. The van der Waals surface area contributed by atoms with Gasteiger partial charge in [0.1, 0.15) is 5.75 Å². The lowest BCUT2D eigenvalue weighted by atomic mass is 9.70. The third-order valence-electron chi connectivity index (χ3n) is 5.80. The molecule has 0 heterocycles. The number of carbonyl (C=O) groups is 3. The molecule has 0 unspecified atom stereocenters. The molecule has 2 rings (SSSR count). The van der Waals surface area contributed by atoms with Gasteiger partial charge in [0.2, 0.25) is 0 Å². The van der Waals surface area contributed by atoms with E-state index in [4.69, 9.17) is 27.9 Å². The fourth-order valence-electron chi connectivity index (χ4n) is 3.98. The monoisotopic (exact) mass is 491 g/mol. The van der Waals surface area contributed by atoms with E-state index in [0.29, 0.717) is 52.9 Å². The number of halogens is 2. The number of Topliss-reactive ketones (excluding diaryl/α,β-unsaturated/α-hetero) is 2. The molecule has 0 radical (unpaired) electrons. The average Bonchev–Trinajstić information content (AvgIpc) is 2.76. The second-order valence-electron chi connectivity index (χ2n) is 8.65. The molecule has 33 heavy (non-hydrogen) atoms. The maximum Gasteiger partial charge on any atom is 0.312 e. The minimum atomic E-state index is -0.887. The fraction of sp³-hybridized carbons (Fsp3) is 0.423. The van der Waals surface area contributed by atoms with E-state index in [2.05, 4.69) is 6.58 Å². The molecule has 0 aliphatic heterocycles. The third kappa shape index (κ3) is 6.36. The molecule has 0 spiro atoms. The van der Waals surface area contributed by atoms with Gasteiger partial charge in [0, 0.05) is 58.2 Å². The molecule has 0 fully saturated rings. The summed E-state index contributed by atoms with van der Waals surface area (Å²) in [6, 6.07) is 7.11. The van der Waals surface area contributed by atoms with E-state index in [1.807, 2.05) is 17.0 Å². The number of ketones is 2. The number of anilines is 1. The highest BCUT2D eigenvalue weighted by molar-refractivity contribution is 6.25. The summed E-state index contributed by atoms with van der Waals surface area (Å²) < 4.78 is 5.54. The Morgan fingerprint density at radius 3 is 2.09 bits per heavy atom. The van der Waals surface area contributed by atoms with Gasteiger partial charge in [0.25, 0.3) is 0 Å². The van der Waals surface area contributed by atoms with E-state index in [9.17, 15) is 14.4 Å². The fourth-order valence-corrected chi connectivity index (χ4v) is 4.38. The van der Waals surface area contributed by atoms with Crippen molar-refractivity contribution in [2.75, 3.05) is 29.7 Å². The number of benzene rings is 1. The quantitative estimate of drug-likeness (QED) is 0.131. The first kappa shape index (κ1) is 26.9. The molecule has 0 atom stereocenters. The number of esters is 1. The van der Waals surface area contributed by atoms with Crippen molar-refractivity contribution in [2.24, 2.45) is 5.41 Å². The van der Waals surface area contributed by atoms with Crippen molar-refractivity contribution in [2.45, 2.75) is 40.5 Å². The summed E-state index contributed by atoms with van der Waals surface area (Å²) in [5.74, 6) is 0.487. The highest BCUT2D eigenvalue weighted by atomic mass is 35.5. The van der Waals surface area contributed by atoms with Crippen molar-refractivity contribution in [1.29, 1.82) is 0 Å². The van der Waals surface area contributed by atoms with Crippen LogP contribution in [0.2, 0.25) is 0 Å². The molecule has 0 amide bonds. The second kappa shape index (κ2) is 11.7. The third-order valence-corrected chi connectivity index (χ3v) is 6.14. The van der Waals surface area contributed by atoms with Gasteiger partial charge in [0.05, 0.1) is 6.42 Å². The van der Waals surface area contributed by atoms with E-state index in [-0.39, 0.29) is 24.4 Å². The van der Waals surface area contributed by atoms with Gasteiger partial charge in [-0.15, -0.1) is 29.8 Å². The van der Waals surface area contributed by atoms with Crippen LogP contribution in [0, 0.1) is 5.41 Å². The van der Waals surface area contributed by atoms with E-state index in [1.165, 1.54) is 0 Å². The zero-order valence-electron chi connectivity index (χ0n) is 19.7. The number of alkyl halides is 2. The molecule has 1 aromatic carbocycles. The number of nitrogens with zero attached hydrogens (tertiary/aromatic N) is 1. The van der Waals surface area contributed by atoms with Gasteiger partial charge >= 0.3 is 5.97 Å². The largest absolute Gasteiger partial charge is 0.427 e. The first-order valence-electron chi connectivity index (χ1n) is 10.9. The molecule has 0 saturated heterocycles. The second-order valence-corrected chi connectivity index (χ2v) is 9.40. The molecule has 1 aliphatic carbocycles. The van der Waals surface area contributed by atoms with Crippen LogP contribution in [0.5, 0.6) is 5.75 Å². The van der Waals surface area contributed by atoms with Gasteiger partial charge in [-0.25, -0.2) is 0 Å². The van der Waals surface area contributed by atoms with Crippen LogP contribution >= 0.6 is 23.2 Å². The van der Waals surface area contributed by atoms with Gasteiger partial charge in [-0.05, 0) is 44.5 Å². The molecule has 0 saturated carbocycles. The summed E-state index contributed by atoms with van der Waals surface area (Å²) in [5, 5.41) is 0. The summed E-state index contributed by atoms with van der Waals surface area (Å²) in [6.45, 7) is 11.9. The van der Waals surface area contributed by atoms with Gasteiger partial charge in [-0.3, -0.25) is 14.4 Å². The smallest absolute Gasteiger partial charge is 0.312 e. The molecule has 178 valence electrons. The van der Waals surface area contributed by atoms with Crippen molar-refractivity contribution in [3.05, 3.63) is 59.2 Å². The van der Waals surface area contributed by atoms with Crippen LogP contribution in [-0.4, -0.2) is 42.4 Å². The molecule has 1 aliphatic rings. The highest BCUT2D eigenvalue weighted by Crippen LogP contribution is 2.40. The van der Waals surface area contributed by atoms with Crippen LogP contribution in [0.25, 0.3) is 0 Å². The van der Waals surface area contributed by atoms with Gasteiger partial charge in [0.15, 0.2) is 11.6 Å². The number of carbonyl (C=O) groups excluding carboxylic acids is 3. The van der Waals surface area contributed by atoms with Crippen LogP contribution < -0.4 is 9.64 Å². The summed E-state index contributed by atoms with van der Waals surface area (Å²) >= 11 is 11.7. The van der Waals surface area contributed by atoms with Gasteiger partial charge in [-0.2, -0.15) is 0 Å². The lowest BCUT2D eigenvalue weighted by Crippen LogP contribution is -2.33. The lowest BCUT2D eigenvalue weighted by molar-refractivity contribution is -0.136. The topological polar surface area (TPSA) is 63.7 Å². The SMILES string of the molecule is C=CCC1=C(C(C)(C)CC(=O)Oc2ccc(N(CCCl)CCCl)cc2)C(=O)C(C)=C(C)C1=O. The van der Waals surface area contributed by atoms with Gasteiger partial charge < -0.3 is 9.64 Å². The van der Waals surface area contributed by atoms with Crippen LogP contribution in [0.1, 0.15) is 40.5 Å². The highest BCUT2D eigenvalue weighted by Gasteiger charge is 2.39. The number of hydrogen-bond acceptors (Lipinski definition) is 5. The molecular weight excluding hydrogens is 461 g/mol. The van der Waals surface area contributed by atoms with Crippen LogP contribution in [0.15, 0.2) is 59.2 Å². The summed E-state index contributed by atoms with van der Waals surface area (Å²) in [7, 11) is 0. The summed E-state index contributed by atoms with van der Waals surface area (Å²) in [4.78, 5) is 40.7. The number of hydrogen-bond donors (Lipinski definition) is 0. The Bertz CT molecular complexity index is 984. The number of ether oxygens (including phenoxy) is 1. The Labute approximate surface area is 206 Å². The van der Waals surface area contributed by atoms with E-state index in [1.54, 1.807) is 45.9 Å². The standard InChI is InChI=1S/C26H31Cl2NO4/c1-6-7-21-23(25(32)18(3)17(2)24(21)31)26(4,5)16-22(30)33-20-10-8-19(9-11-20)29(14-12-27)15-13-28/h6,8-11H,1,7,12-16H2,2-5H3. The zero-order valence-corrected chi connectivity index (χ0v) is 21.2. The molecular formula is C26H31Cl2NO4. The zero-order chi connectivity index (χ0) is 24.8. The van der Waals surface area contributed by atoms with E-state index >= 15 is 0 Å². The van der Waals surface area contributed by atoms with Gasteiger partial charge in [-0.1, -0.05) is 19.9 Å². The maximum atomic E-state index is 13.1. The Kier molecular flexibility index (Phi) is 9.50. The molecule has 7 heteroatoms. The molecule has 1 aromatic rings. The first-order chi connectivity index (χ1) is 15.6. The van der Waals surface area contributed by atoms with Crippen LogP contribution in [0.4, 0.5) is 5.69 Å². The number of rotatable bonds is 11. The predicted octanol–water partition coefficient (Wildman–Crippen LogP) is 5.65. The maximum absolute atomic E-state index is 13.1. The minimum Gasteiger partial charge on any atom is -0.427 e. The molecule has 0 aromatic heterocycles. The Morgan fingerprint density at radius 1 is 1.03 bits per heavy atom. The molecule has 0 bridgehead atoms. The van der Waals surface area contributed by atoms with Crippen LogP contribution in [-0.2, 0) is 14.4 Å². The van der Waals surface area contributed by atoms with E-state index in [0.717, 1.165) is 5.69 Å². The summed E-state index contributed by atoms with van der Waals surface area (Å²) in [5.41, 5.74) is 1.66. The van der Waals surface area contributed by atoms with Crippen molar-refractivity contribution < 1.29 is 19.1 Å². The van der Waals surface area contributed by atoms with Crippen molar-refractivity contribution in [3.8, 4) is 5.75 Å². The molecule has 0 N–H and O–H groups in total. The summed E-state index contributed by atoms with van der Waals surface area (Å²) in [6.07, 6.45) is 1.81. The predicted molar refractivity (Wildman–Crippen MR) is 134 cm³/mol. The van der Waals surface area contributed by atoms with Crippen molar-refractivity contribution in [1.82, 2.24) is 0 Å².